The van der Waals surface area contributed by atoms with E-state index in [1.165, 1.54) is 0 Å². The monoisotopic (exact) mass is 638 g/mol. The van der Waals surface area contributed by atoms with Crippen LogP contribution in [0.3, 0.4) is 0 Å². The van der Waals surface area contributed by atoms with Gasteiger partial charge < -0.3 is 23.7 Å². The van der Waals surface area contributed by atoms with Gasteiger partial charge >= 0.3 is 12.1 Å². The summed E-state index contributed by atoms with van der Waals surface area (Å²) in [6.07, 6.45) is 8.36. The number of aromatic nitrogens is 3. The first-order valence-electron chi connectivity index (χ1n) is 16.5. The molecule has 11 nitrogen and oxygen atoms in total. The first-order valence-corrected chi connectivity index (χ1v) is 16.5. The molecule has 11 heteroatoms. The number of carbonyl (C=O) groups excluding carboxylic acids is 4. The summed E-state index contributed by atoms with van der Waals surface area (Å²) in [7, 11) is 1.58. The molecule has 0 aliphatic carbocycles. The fraction of sp³-hybridized carbons (Fsp3) is 0.657. The number of ketones is 2. The van der Waals surface area contributed by atoms with E-state index in [0.717, 1.165) is 17.7 Å². The van der Waals surface area contributed by atoms with Crippen molar-refractivity contribution in [2.45, 2.75) is 110 Å². The zero-order valence-electron chi connectivity index (χ0n) is 28.5. The summed E-state index contributed by atoms with van der Waals surface area (Å²) in [4.78, 5) is 64.6. The number of cyclic esters (lactones) is 1. The van der Waals surface area contributed by atoms with Crippen LogP contribution < -0.4 is 0 Å². The first kappa shape index (κ1) is 35.3. The van der Waals surface area contributed by atoms with Gasteiger partial charge in [0.1, 0.15) is 23.6 Å². The van der Waals surface area contributed by atoms with Gasteiger partial charge in [-0.3, -0.25) is 19.4 Å². The summed E-state index contributed by atoms with van der Waals surface area (Å²) >= 11 is 0. The zero-order valence-corrected chi connectivity index (χ0v) is 28.5. The standard InChI is InChI=1S/C35H50N4O7/c1-9-28-35(7)31(24(4)29(40)22(2)17-34(6,44-8)18-23(3)30(41)25(5)32(42)45-28)39(33(43)46-35)16-11-10-15-38-20-27(37-21-38)26-13-12-14-36-19-26/h12-14,19-25,28,31H,9-11,15-18H2,1-8H3/t22-,23-,24+,25-,28-,31+,34-,35-/m1/s1. The molecule has 252 valence electrons. The Hall–Kier alpha value is -3.60. The van der Waals surface area contributed by atoms with Crippen LogP contribution in [-0.4, -0.2) is 80.1 Å². The van der Waals surface area contributed by atoms with Gasteiger partial charge in [0.15, 0.2) is 5.60 Å². The Morgan fingerprint density at radius 2 is 1.67 bits per heavy atom. The Morgan fingerprint density at radius 3 is 2.30 bits per heavy atom. The largest absolute Gasteiger partial charge is 0.458 e. The second-order valence-corrected chi connectivity index (χ2v) is 13.6. The molecule has 0 spiro atoms. The van der Waals surface area contributed by atoms with E-state index >= 15 is 0 Å². The summed E-state index contributed by atoms with van der Waals surface area (Å²) in [5.41, 5.74) is -0.295. The molecule has 4 rings (SSSR count). The third-order valence-corrected chi connectivity index (χ3v) is 10.0. The van der Waals surface area contributed by atoms with Crippen molar-refractivity contribution in [1.29, 1.82) is 0 Å². The van der Waals surface area contributed by atoms with E-state index in [0.29, 0.717) is 38.8 Å². The van der Waals surface area contributed by atoms with E-state index in [1.807, 2.05) is 50.6 Å². The van der Waals surface area contributed by atoms with Crippen molar-refractivity contribution in [3.63, 3.8) is 0 Å². The van der Waals surface area contributed by atoms with Gasteiger partial charge in [-0.15, -0.1) is 0 Å². The minimum atomic E-state index is -1.30. The van der Waals surface area contributed by atoms with Crippen LogP contribution in [0.5, 0.6) is 0 Å². The number of esters is 1. The van der Waals surface area contributed by atoms with Crippen molar-refractivity contribution in [1.82, 2.24) is 19.4 Å². The molecule has 8 atom stereocenters. The highest BCUT2D eigenvalue weighted by atomic mass is 16.6. The number of nitrogens with zero attached hydrogens (tertiary/aromatic N) is 4. The summed E-state index contributed by atoms with van der Waals surface area (Å²) in [6.45, 7) is 13.6. The summed E-state index contributed by atoms with van der Waals surface area (Å²) < 4.78 is 19.9. The molecule has 2 saturated heterocycles. The molecule has 0 radical (unpaired) electrons. The van der Waals surface area contributed by atoms with Crippen LogP contribution in [-0.2, 0) is 35.1 Å². The van der Waals surface area contributed by atoms with Crippen molar-refractivity contribution in [3.8, 4) is 11.3 Å². The smallest absolute Gasteiger partial charge is 0.410 e. The number of imidazole rings is 1. The van der Waals surface area contributed by atoms with E-state index in [-0.39, 0.29) is 11.6 Å². The number of pyridine rings is 1. The van der Waals surface area contributed by atoms with Crippen molar-refractivity contribution in [3.05, 3.63) is 37.1 Å². The molecule has 0 aromatic carbocycles. The van der Waals surface area contributed by atoms with Crippen LogP contribution >= 0.6 is 0 Å². The Kier molecular flexibility index (Phi) is 11.1. The molecule has 46 heavy (non-hydrogen) atoms. The Bertz CT molecular complexity index is 1400. The molecule has 2 aliphatic rings. The van der Waals surface area contributed by atoms with Crippen molar-refractivity contribution in [2.75, 3.05) is 13.7 Å². The molecule has 0 N–H and O–H groups in total. The first-order chi connectivity index (χ1) is 21.7. The number of Topliss-reactive ketones (excluding diaryl/α,β-unsaturated/α-hetero) is 2. The van der Waals surface area contributed by atoms with E-state index in [4.69, 9.17) is 14.2 Å². The number of unbranched alkanes of at least 4 members (excludes halogenated alkanes) is 1. The number of hydrogen-bond acceptors (Lipinski definition) is 9. The van der Waals surface area contributed by atoms with Gasteiger partial charge in [0.25, 0.3) is 0 Å². The number of methoxy groups -OCH3 is 1. The number of fused-ring (bicyclic) bond motifs is 1. The van der Waals surface area contributed by atoms with E-state index < -0.39 is 59.1 Å². The van der Waals surface area contributed by atoms with Crippen molar-refractivity contribution in [2.24, 2.45) is 23.7 Å². The van der Waals surface area contributed by atoms with Crippen LogP contribution in [0.4, 0.5) is 4.79 Å². The second kappa shape index (κ2) is 14.4. The Balaban J connectivity index is 1.58. The quantitative estimate of drug-likeness (QED) is 0.209. The van der Waals surface area contributed by atoms with Crippen molar-refractivity contribution >= 4 is 23.6 Å². The molecular weight excluding hydrogens is 588 g/mol. The lowest BCUT2D eigenvalue weighted by atomic mass is 9.74. The third-order valence-electron chi connectivity index (χ3n) is 10.0. The van der Waals surface area contributed by atoms with Gasteiger partial charge in [-0.1, -0.05) is 27.7 Å². The maximum Gasteiger partial charge on any atom is 0.410 e. The second-order valence-electron chi connectivity index (χ2n) is 13.6. The predicted octanol–water partition coefficient (Wildman–Crippen LogP) is 5.51. The van der Waals surface area contributed by atoms with Crippen LogP contribution in [0.25, 0.3) is 11.3 Å². The normalized spacial score (nSPS) is 32.9. The summed E-state index contributed by atoms with van der Waals surface area (Å²) in [5.74, 6) is -3.45. The van der Waals surface area contributed by atoms with Crippen molar-refractivity contribution < 1.29 is 33.4 Å². The molecular formula is C35H50N4O7. The minimum absolute atomic E-state index is 0.0327. The van der Waals surface area contributed by atoms with E-state index in [2.05, 4.69) is 9.97 Å². The predicted molar refractivity (Wildman–Crippen MR) is 172 cm³/mol. The highest BCUT2D eigenvalue weighted by Crippen LogP contribution is 2.42. The van der Waals surface area contributed by atoms with Crippen LogP contribution in [0.2, 0.25) is 0 Å². The van der Waals surface area contributed by atoms with Crippen LogP contribution in [0.1, 0.15) is 80.6 Å². The minimum Gasteiger partial charge on any atom is -0.458 e. The van der Waals surface area contributed by atoms with Gasteiger partial charge in [0.05, 0.1) is 23.7 Å². The molecule has 2 aliphatic heterocycles. The fourth-order valence-electron chi connectivity index (χ4n) is 7.45. The third kappa shape index (κ3) is 7.35. The van der Waals surface area contributed by atoms with Gasteiger partial charge in [-0.25, -0.2) is 9.78 Å². The van der Waals surface area contributed by atoms with Crippen LogP contribution in [0.15, 0.2) is 37.1 Å². The number of amides is 1. The molecule has 4 heterocycles. The lowest BCUT2D eigenvalue weighted by Crippen LogP contribution is -2.58. The topological polar surface area (TPSA) is 130 Å². The van der Waals surface area contributed by atoms with Gasteiger partial charge in [-0.2, -0.15) is 0 Å². The maximum atomic E-state index is 14.1. The van der Waals surface area contributed by atoms with E-state index in [1.54, 1.807) is 51.5 Å². The Labute approximate surface area is 272 Å². The lowest BCUT2D eigenvalue weighted by Gasteiger charge is -2.41. The SMILES string of the molecule is CC[C@H]1OC(=O)[C@H](C)C(=O)[C@H](C)C[C@](C)(OC)C[C@@H](C)C(=O)[C@H](C)[C@@H]2N(CCCCn3cnc(-c4cccnc4)c3)C(=O)O[C@@]21C. The van der Waals surface area contributed by atoms with Crippen LogP contribution in [0, 0.1) is 23.7 Å². The average Bonchev–Trinajstić information content (AvgIpc) is 3.61. The van der Waals surface area contributed by atoms with Gasteiger partial charge in [0, 0.05) is 62.1 Å². The highest BCUT2D eigenvalue weighted by molar-refractivity contribution is 5.99. The fourth-order valence-corrected chi connectivity index (χ4v) is 7.45. The number of aryl methyl sites for hydroxylation is 1. The van der Waals surface area contributed by atoms with E-state index in [9.17, 15) is 19.2 Å². The van der Waals surface area contributed by atoms with Gasteiger partial charge in [0.2, 0.25) is 0 Å². The average molecular weight is 639 g/mol. The Morgan fingerprint density at radius 1 is 1.00 bits per heavy atom. The number of rotatable bonds is 8. The maximum absolute atomic E-state index is 14.1. The number of carbonyl (C=O) groups is 4. The highest BCUT2D eigenvalue weighted by Gasteiger charge is 2.59. The molecule has 2 fully saturated rings. The molecule has 0 bridgehead atoms. The molecule has 2 aromatic heterocycles. The zero-order chi connectivity index (χ0) is 33.8. The molecule has 0 saturated carbocycles. The van der Waals surface area contributed by atoms with Gasteiger partial charge in [-0.05, 0) is 65.0 Å². The number of hydrogen-bond donors (Lipinski definition) is 0. The number of ether oxygens (including phenoxy) is 3. The molecule has 0 unspecified atom stereocenters. The lowest BCUT2D eigenvalue weighted by molar-refractivity contribution is -0.171. The summed E-state index contributed by atoms with van der Waals surface area (Å²) in [5, 5.41) is 0. The molecule has 1 amide bonds. The molecule has 2 aromatic rings. The summed E-state index contributed by atoms with van der Waals surface area (Å²) in [6, 6.07) is 3.15.